The van der Waals surface area contributed by atoms with E-state index in [-0.39, 0.29) is 28.5 Å². The molecule has 29 heavy (non-hydrogen) atoms. The molecule has 154 valence electrons. The zero-order valence-corrected chi connectivity index (χ0v) is 16.5. The molecule has 1 aliphatic rings. The highest BCUT2D eigenvalue weighted by atomic mass is 32.2. The van der Waals surface area contributed by atoms with Crippen LogP contribution in [0.4, 0.5) is 5.69 Å². The molecular formula is C19H20N2O7S. The highest BCUT2D eigenvalue weighted by Crippen LogP contribution is 2.19. The van der Waals surface area contributed by atoms with Crippen molar-refractivity contribution in [3.05, 3.63) is 54.0 Å². The van der Waals surface area contributed by atoms with Crippen molar-refractivity contribution < 1.29 is 32.0 Å². The van der Waals surface area contributed by atoms with Crippen LogP contribution >= 0.6 is 0 Å². The summed E-state index contributed by atoms with van der Waals surface area (Å²) in [6, 6.07) is 8.82. The van der Waals surface area contributed by atoms with Crippen molar-refractivity contribution in [3.8, 4) is 0 Å². The van der Waals surface area contributed by atoms with Gasteiger partial charge in [0, 0.05) is 13.1 Å². The Morgan fingerprint density at radius 3 is 2.62 bits per heavy atom. The predicted molar refractivity (Wildman–Crippen MR) is 103 cm³/mol. The van der Waals surface area contributed by atoms with Gasteiger partial charge in [-0.1, -0.05) is 12.1 Å². The summed E-state index contributed by atoms with van der Waals surface area (Å²) in [7, 11) is -1.65. The summed E-state index contributed by atoms with van der Waals surface area (Å²) in [5.41, 5.74) is 0.285. The van der Waals surface area contributed by atoms with Crippen molar-refractivity contribution in [1.29, 1.82) is 0 Å². The molecule has 1 atom stereocenters. The molecule has 1 N–H and O–H groups in total. The molecule has 1 aromatic heterocycles. The topological polar surface area (TPSA) is 123 Å². The number of nitrogens with zero attached hydrogens (tertiary/aromatic N) is 1. The third-order valence-corrected chi connectivity index (χ3v) is 6.37. The lowest BCUT2D eigenvalue weighted by Crippen LogP contribution is -2.40. The third-order valence-electron chi connectivity index (χ3n) is 4.62. The van der Waals surface area contributed by atoms with Gasteiger partial charge in [-0.05, 0) is 30.7 Å². The normalized spacial score (nSPS) is 17.5. The number of sulfone groups is 1. The second-order valence-corrected chi connectivity index (χ2v) is 8.84. The zero-order valence-electron chi connectivity index (χ0n) is 15.7. The maximum Gasteiger partial charge on any atom is 0.340 e. The number of anilines is 1. The monoisotopic (exact) mass is 420 g/mol. The van der Waals surface area contributed by atoms with Crippen LogP contribution in [-0.2, 0) is 19.4 Å². The summed E-state index contributed by atoms with van der Waals surface area (Å²) in [6.07, 6.45) is 1.72. The highest BCUT2D eigenvalue weighted by molar-refractivity contribution is 7.91. The number of furan rings is 1. The van der Waals surface area contributed by atoms with Gasteiger partial charge in [0.05, 0.1) is 29.0 Å². The van der Waals surface area contributed by atoms with Gasteiger partial charge in [-0.15, -0.1) is 0 Å². The number of rotatable bonds is 6. The van der Waals surface area contributed by atoms with Crippen molar-refractivity contribution in [3.63, 3.8) is 0 Å². The van der Waals surface area contributed by atoms with Gasteiger partial charge in [0.2, 0.25) is 0 Å². The number of nitrogens with one attached hydrogen (secondary N) is 1. The molecule has 2 heterocycles. The SMILES string of the molecule is CN(C(=O)COC(=O)c1ccccc1NC(=O)c1ccco1)[C@H]1CCS(=O)(=O)C1. The number of amides is 2. The molecule has 1 fully saturated rings. The number of hydrogen-bond acceptors (Lipinski definition) is 7. The minimum absolute atomic E-state index is 0.0395. The Balaban J connectivity index is 1.61. The van der Waals surface area contributed by atoms with E-state index in [2.05, 4.69) is 5.32 Å². The summed E-state index contributed by atoms with van der Waals surface area (Å²) in [4.78, 5) is 38.1. The summed E-state index contributed by atoms with van der Waals surface area (Å²) >= 11 is 0. The number of benzene rings is 1. The molecule has 0 unspecified atom stereocenters. The first-order chi connectivity index (χ1) is 13.8. The van der Waals surface area contributed by atoms with Crippen molar-refractivity contribution in [2.24, 2.45) is 0 Å². The second kappa shape index (κ2) is 8.48. The smallest absolute Gasteiger partial charge is 0.340 e. The molecule has 2 aromatic rings. The van der Waals surface area contributed by atoms with E-state index in [1.54, 1.807) is 18.2 Å². The molecule has 2 amide bonds. The fourth-order valence-corrected chi connectivity index (χ4v) is 4.73. The number of carbonyl (C=O) groups excluding carboxylic acids is 3. The lowest BCUT2D eigenvalue weighted by Gasteiger charge is -2.23. The van der Waals surface area contributed by atoms with E-state index in [0.29, 0.717) is 6.42 Å². The zero-order chi connectivity index (χ0) is 21.0. The molecule has 0 bridgehead atoms. The standard InChI is InChI=1S/C19H20N2O7S/c1-21(13-8-10-29(25,26)12-13)17(22)11-28-19(24)14-5-2-3-6-15(14)20-18(23)16-7-4-9-27-16/h2-7,9,13H,8,10-12H2,1H3,(H,20,23)/t13-/m0/s1. The molecular weight excluding hydrogens is 400 g/mol. The first kappa shape index (κ1) is 20.6. The van der Waals surface area contributed by atoms with Crippen molar-refractivity contribution in [1.82, 2.24) is 4.90 Å². The minimum Gasteiger partial charge on any atom is -0.459 e. The fraction of sp³-hybridized carbons (Fsp3) is 0.316. The van der Waals surface area contributed by atoms with Crippen LogP contribution in [0.25, 0.3) is 0 Å². The Bertz CT molecular complexity index is 1010. The van der Waals surface area contributed by atoms with Gasteiger partial charge in [0.1, 0.15) is 0 Å². The van der Waals surface area contributed by atoms with Crippen LogP contribution in [0.3, 0.4) is 0 Å². The number of carbonyl (C=O) groups is 3. The Labute approximate surface area is 167 Å². The molecule has 1 aromatic carbocycles. The van der Waals surface area contributed by atoms with E-state index in [1.165, 1.54) is 36.4 Å². The molecule has 10 heteroatoms. The summed E-state index contributed by atoms with van der Waals surface area (Å²) in [5.74, 6) is -1.80. The first-order valence-electron chi connectivity index (χ1n) is 8.84. The molecule has 1 aliphatic heterocycles. The molecule has 9 nitrogen and oxygen atoms in total. The number of hydrogen-bond donors (Lipinski definition) is 1. The molecule has 1 saturated heterocycles. The van der Waals surface area contributed by atoms with Crippen molar-refractivity contribution in [2.45, 2.75) is 12.5 Å². The molecule has 0 radical (unpaired) electrons. The lowest BCUT2D eigenvalue weighted by molar-refractivity contribution is -0.134. The predicted octanol–water partition coefficient (Wildman–Crippen LogP) is 1.33. The van der Waals surface area contributed by atoms with Crippen molar-refractivity contribution in [2.75, 3.05) is 30.5 Å². The van der Waals surface area contributed by atoms with Crippen molar-refractivity contribution >= 4 is 33.3 Å². The van der Waals surface area contributed by atoms with Crippen LogP contribution in [0, 0.1) is 0 Å². The summed E-state index contributed by atoms with van der Waals surface area (Å²) in [6.45, 7) is -0.535. The van der Waals surface area contributed by atoms with E-state index in [4.69, 9.17) is 9.15 Å². The molecule has 0 aliphatic carbocycles. The van der Waals surface area contributed by atoms with Crippen LogP contribution < -0.4 is 5.32 Å². The number of likely N-dealkylation sites (N-methyl/N-ethyl adjacent to an activating group) is 1. The van der Waals surface area contributed by atoms with E-state index < -0.39 is 40.3 Å². The Morgan fingerprint density at radius 1 is 1.21 bits per heavy atom. The fourth-order valence-electron chi connectivity index (χ4n) is 2.95. The van der Waals surface area contributed by atoms with Crippen LogP contribution in [0.15, 0.2) is 47.1 Å². The van der Waals surface area contributed by atoms with Gasteiger partial charge >= 0.3 is 5.97 Å². The quantitative estimate of drug-likeness (QED) is 0.700. The Hall–Kier alpha value is -3.14. The van der Waals surface area contributed by atoms with E-state index in [9.17, 15) is 22.8 Å². The number of esters is 1. The van der Waals surface area contributed by atoms with Gasteiger partial charge in [-0.3, -0.25) is 9.59 Å². The van der Waals surface area contributed by atoms with Gasteiger partial charge < -0.3 is 19.4 Å². The average Bonchev–Trinajstić information content (AvgIpc) is 3.35. The number of para-hydroxylation sites is 1. The summed E-state index contributed by atoms with van der Waals surface area (Å²) < 4.78 is 33.2. The first-order valence-corrected chi connectivity index (χ1v) is 10.7. The number of ether oxygens (including phenoxy) is 1. The van der Waals surface area contributed by atoms with Gasteiger partial charge in [0.15, 0.2) is 22.2 Å². The minimum atomic E-state index is -3.13. The maximum absolute atomic E-state index is 12.4. The average molecular weight is 420 g/mol. The van der Waals surface area contributed by atoms with Crippen LogP contribution in [0.2, 0.25) is 0 Å². The Kier molecular flexibility index (Phi) is 6.02. The third kappa shape index (κ3) is 5.02. The van der Waals surface area contributed by atoms with Crippen LogP contribution in [-0.4, -0.2) is 62.3 Å². The van der Waals surface area contributed by atoms with Gasteiger partial charge in [-0.25, -0.2) is 13.2 Å². The van der Waals surface area contributed by atoms with E-state index >= 15 is 0 Å². The second-order valence-electron chi connectivity index (χ2n) is 6.61. The Morgan fingerprint density at radius 2 is 1.97 bits per heavy atom. The highest BCUT2D eigenvalue weighted by Gasteiger charge is 2.33. The van der Waals surface area contributed by atoms with Crippen LogP contribution in [0.5, 0.6) is 0 Å². The van der Waals surface area contributed by atoms with Gasteiger partial charge in [0.25, 0.3) is 11.8 Å². The van der Waals surface area contributed by atoms with E-state index in [0.717, 1.165) is 0 Å². The summed E-state index contributed by atoms with van der Waals surface area (Å²) in [5, 5.41) is 2.56. The molecule has 0 spiro atoms. The maximum atomic E-state index is 12.4. The molecule has 0 saturated carbocycles. The van der Waals surface area contributed by atoms with Gasteiger partial charge in [-0.2, -0.15) is 0 Å². The largest absolute Gasteiger partial charge is 0.459 e. The van der Waals surface area contributed by atoms with E-state index in [1.807, 2.05) is 0 Å². The molecule has 3 rings (SSSR count). The lowest BCUT2D eigenvalue weighted by atomic mass is 10.1. The van der Waals surface area contributed by atoms with Crippen LogP contribution in [0.1, 0.15) is 27.3 Å².